The van der Waals surface area contributed by atoms with Gasteiger partial charge in [-0.15, -0.1) is 0 Å². The van der Waals surface area contributed by atoms with Crippen LogP contribution < -0.4 is 11.5 Å². The normalized spacial score (nSPS) is 20.9. The van der Waals surface area contributed by atoms with Gasteiger partial charge in [-0.25, -0.2) is 0 Å². The summed E-state index contributed by atoms with van der Waals surface area (Å²) in [6.07, 6.45) is -0.247. The molecular weight excluding hydrogens is 484 g/mol. The fourth-order valence-electron chi connectivity index (χ4n) is 5.70. The van der Waals surface area contributed by atoms with E-state index in [1.807, 2.05) is 27.7 Å². The second-order valence-electron chi connectivity index (χ2n) is 12.9. The Morgan fingerprint density at radius 1 is 0.658 bits per heavy atom. The van der Waals surface area contributed by atoms with E-state index in [-0.39, 0.29) is 23.9 Å². The van der Waals surface area contributed by atoms with Crippen LogP contribution >= 0.6 is 0 Å². The lowest BCUT2D eigenvalue weighted by atomic mass is 9.72. The number of aliphatic hydroxyl groups is 3. The second kappa shape index (κ2) is 16.8. The van der Waals surface area contributed by atoms with Crippen LogP contribution in [0.3, 0.4) is 0 Å². The molecule has 0 aromatic rings. The van der Waals surface area contributed by atoms with Gasteiger partial charge in [0, 0.05) is 29.8 Å². The molecule has 0 bridgehead atoms. The molecule has 38 heavy (non-hydrogen) atoms. The predicted octanol–water partition coefficient (Wildman–Crippen LogP) is 3.41. The lowest BCUT2D eigenvalue weighted by Crippen LogP contribution is -2.64. The zero-order valence-corrected chi connectivity index (χ0v) is 25.4. The molecule has 0 aliphatic rings. The van der Waals surface area contributed by atoms with Crippen molar-refractivity contribution in [3.63, 3.8) is 0 Å². The molecule has 0 saturated heterocycles. The van der Waals surface area contributed by atoms with Gasteiger partial charge >= 0.3 is 0 Å². The Kier molecular flexibility index (Phi) is 16.3. The zero-order valence-electron chi connectivity index (χ0n) is 25.4. The maximum Gasteiger partial charge on any atom is 0.210 e. The highest BCUT2D eigenvalue weighted by molar-refractivity contribution is 6.13. The highest BCUT2D eigenvalue weighted by Crippen LogP contribution is 2.31. The summed E-state index contributed by atoms with van der Waals surface area (Å²) in [4.78, 5) is 40.3. The smallest absolute Gasteiger partial charge is 0.210 e. The summed E-state index contributed by atoms with van der Waals surface area (Å²) < 4.78 is 0. The first-order valence-corrected chi connectivity index (χ1v) is 14.6. The van der Waals surface area contributed by atoms with Gasteiger partial charge in [-0.1, -0.05) is 61.3 Å². The average molecular weight is 543 g/mol. The van der Waals surface area contributed by atoms with E-state index in [2.05, 4.69) is 13.8 Å². The van der Waals surface area contributed by atoms with Crippen molar-refractivity contribution in [2.75, 3.05) is 0 Å². The Labute approximate surface area is 231 Å². The third-order valence-corrected chi connectivity index (χ3v) is 7.63. The van der Waals surface area contributed by atoms with Gasteiger partial charge in [-0.3, -0.25) is 14.4 Å². The van der Waals surface area contributed by atoms with Gasteiger partial charge in [0.25, 0.3) is 0 Å². The third kappa shape index (κ3) is 11.5. The molecule has 224 valence electrons. The Hall–Kier alpha value is -1.19. The Morgan fingerprint density at radius 3 is 1.50 bits per heavy atom. The van der Waals surface area contributed by atoms with E-state index in [1.54, 1.807) is 20.8 Å². The Balaban J connectivity index is 6.03. The maximum atomic E-state index is 13.7. The highest BCUT2D eigenvalue weighted by atomic mass is 16.4. The average Bonchev–Trinajstić information content (AvgIpc) is 2.79. The van der Waals surface area contributed by atoms with Gasteiger partial charge in [0.15, 0.2) is 17.3 Å². The van der Waals surface area contributed by atoms with Crippen molar-refractivity contribution in [2.24, 2.45) is 47.0 Å². The number of carbonyl (C=O) groups is 3. The van der Waals surface area contributed by atoms with Gasteiger partial charge < -0.3 is 26.8 Å². The van der Waals surface area contributed by atoms with Crippen LogP contribution in [0.4, 0.5) is 0 Å². The molecule has 10 atom stereocenters. The van der Waals surface area contributed by atoms with Crippen LogP contribution in [-0.2, 0) is 14.4 Å². The number of rotatable bonds is 20. The molecule has 0 aromatic heterocycles. The number of Topliss-reactive ketones (excluding diaryl/α,β-unsaturated/α-hetero) is 3. The van der Waals surface area contributed by atoms with Gasteiger partial charge in [-0.05, 0) is 63.7 Å². The van der Waals surface area contributed by atoms with Crippen LogP contribution in [0.15, 0.2) is 0 Å². The molecule has 0 rings (SSSR count). The summed E-state index contributed by atoms with van der Waals surface area (Å²) in [6.45, 7) is 16.6. The van der Waals surface area contributed by atoms with Crippen LogP contribution in [0, 0.1) is 35.5 Å². The van der Waals surface area contributed by atoms with Crippen LogP contribution in [0.2, 0.25) is 0 Å². The molecule has 8 nitrogen and oxygen atoms in total. The largest absolute Gasteiger partial charge is 0.386 e. The van der Waals surface area contributed by atoms with Gasteiger partial charge in [0.05, 0.1) is 0 Å². The van der Waals surface area contributed by atoms with Crippen molar-refractivity contribution in [2.45, 2.75) is 137 Å². The molecule has 7 N–H and O–H groups in total. The third-order valence-electron chi connectivity index (χ3n) is 7.63. The van der Waals surface area contributed by atoms with E-state index in [0.717, 1.165) is 6.42 Å². The number of aliphatic hydroxyl groups excluding tert-OH is 2. The van der Waals surface area contributed by atoms with Gasteiger partial charge in [0.1, 0.15) is 12.2 Å². The molecule has 0 saturated carbocycles. The van der Waals surface area contributed by atoms with Crippen molar-refractivity contribution in [3.05, 3.63) is 0 Å². The SMILES string of the molecule is CC(C)CCCC(C)C(=O)C(O)(C(=O)C(C)CC(C)CC(C)N)C(O)C(O)C(=O)C(C)CC(C)CC(C)N. The first-order valence-electron chi connectivity index (χ1n) is 14.6. The number of hydrogen-bond acceptors (Lipinski definition) is 8. The van der Waals surface area contributed by atoms with E-state index in [9.17, 15) is 29.7 Å². The van der Waals surface area contributed by atoms with Crippen molar-refractivity contribution < 1.29 is 29.7 Å². The van der Waals surface area contributed by atoms with E-state index in [1.165, 1.54) is 0 Å². The fourth-order valence-corrected chi connectivity index (χ4v) is 5.70. The monoisotopic (exact) mass is 542 g/mol. The van der Waals surface area contributed by atoms with E-state index < -0.39 is 52.9 Å². The van der Waals surface area contributed by atoms with Gasteiger partial charge in [0.2, 0.25) is 5.60 Å². The number of ketones is 3. The summed E-state index contributed by atoms with van der Waals surface area (Å²) >= 11 is 0. The molecule has 0 aliphatic carbocycles. The number of carbonyl (C=O) groups excluding carboxylic acids is 3. The molecule has 0 heterocycles. The summed E-state index contributed by atoms with van der Waals surface area (Å²) in [5.74, 6) is -4.06. The molecule has 0 aromatic carbocycles. The van der Waals surface area contributed by atoms with Gasteiger partial charge in [-0.2, -0.15) is 0 Å². The minimum atomic E-state index is -2.89. The number of nitrogens with two attached hydrogens (primary N) is 2. The van der Waals surface area contributed by atoms with Crippen molar-refractivity contribution in [1.82, 2.24) is 0 Å². The van der Waals surface area contributed by atoms with Crippen molar-refractivity contribution in [3.8, 4) is 0 Å². The molecule has 8 heteroatoms. The summed E-state index contributed by atoms with van der Waals surface area (Å²) in [5, 5.41) is 33.7. The molecular formula is C30H58N2O6. The zero-order chi connectivity index (χ0) is 30.0. The fraction of sp³-hybridized carbons (Fsp3) is 0.900. The molecule has 0 aliphatic heterocycles. The van der Waals surface area contributed by atoms with Crippen LogP contribution in [0.1, 0.15) is 107 Å². The lowest BCUT2D eigenvalue weighted by molar-refractivity contribution is -0.179. The molecule has 0 spiro atoms. The van der Waals surface area contributed by atoms with Crippen molar-refractivity contribution in [1.29, 1.82) is 0 Å². The van der Waals surface area contributed by atoms with Crippen LogP contribution in [0.5, 0.6) is 0 Å². The van der Waals surface area contributed by atoms with E-state index >= 15 is 0 Å². The highest BCUT2D eigenvalue weighted by Gasteiger charge is 2.56. The van der Waals surface area contributed by atoms with E-state index in [0.29, 0.717) is 44.4 Å². The minimum Gasteiger partial charge on any atom is -0.386 e. The maximum absolute atomic E-state index is 13.7. The molecule has 0 fully saturated rings. The second-order valence-corrected chi connectivity index (χ2v) is 12.9. The first kappa shape index (κ1) is 36.8. The van der Waals surface area contributed by atoms with Crippen molar-refractivity contribution >= 4 is 17.3 Å². The standard InChI is InChI=1S/C30H58N2O6/c1-17(2)11-10-12-20(5)27(35)30(38,28(36)22(7)14-19(4)16-24(9)32)29(37)26(34)25(33)21(6)13-18(3)15-23(8)31/h17-24,26,29,34,37-38H,10-16,31-32H2,1-9H3. The molecule has 0 amide bonds. The van der Waals surface area contributed by atoms with E-state index in [4.69, 9.17) is 11.5 Å². The topological polar surface area (TPSA) is 164 Å². The Morgan fingerprint density at radius 2 is 1.08 bits per heavy atom. The summed E-state index contributed by atoms with van der Waals surface area (Å²) in [6, 6.07) is -0.128. The number of hydrogen-bond donors (Lipinski definition) is 5. The van der Waals surface area contributed by atoms with Crippen LogP contribution in [-0.4, -0.2) is 62.6 Å². The molecule has 10 unspecified atom stereocenters. The molecule has 0 radical (unpaired) electrons. The Bertz CT molecular complexity index is 740. The summed E-state index contributed by atoms with van der Waals surface area (Å²) in [7, 11) is 0. The first-order chi connectivity index (χ1) is 17.4. The van der Waals surface area contributed by atoms with Crippen LogP contribution in [0.25, 0.3) is 0 Å². The predicted molar refractivity (Wildman–Crippen MR) is 152 cm³/mol. The lowest BCUT2D eigenvalue weighted by Gasteiger charge is -2.37. The minimum absolute atomic E-state index is 0.0342. The summed E-state index contributed by atoms with van der Waals surface area (Å²) in [5.41, 5.74) is 8.86. The quantitative estimate of drug-likeness (QED) is 0.146.